The highest BCUT2D eigenvalue weighted by Crippen LogP contribution is 2.41. The number of carbonyl (C=O) groups excluding carboxylic acids is 1. The van der Waals surface area contributed by atoms with Gasteiger partial charge in [0, 0.05) is 4.47 Å². The maximum Gasteiger partial charge on any atom is 0.338 e. The number of esters is 1. The molecule has 4 rings (SSSR count). The molecule has 216 valence electrons. The summed E-state index contributed by atoms with van der Waals surface area (Å²) in [5.41, 5.74) is 1.83. The molecule has 0 N–H and O–H groups in total. The number of rotatable bonds is 10. The minimum absolute atomic E-state index is 0.177. The molecule has 1 aliphatic heterocycles. The number of aromatic nitrogens is 1. The molecule has 1 atom stereocenters. The molecule has 0 spiro atoms. The van der Waals surface area contributed by atoms with E-state index >= 15 is 0 Å². The van der Waals surface area contributed by atoms with Gasteiger partial charge in [0.05, 0.1) is 51.1 Å². The monoisotopic (exact) mass is 768 g/mol. The van der Waals surface area contributed by atoms with Crippen LogP contribution in [0.1, 0.15) is 37.9 Å². The number of hydrogen-bond donors (Lipinski definition) is 0. The van der Waals surface area contributed by atoms with Crippen molar-refractivity contribution in [2.24, 2.45) is 4.99 Å². The summed E-state index contributed by atoms with van der Waals surface area (Å²) in [5.74, 6) is 1.09. The van der Waals surface area contributed by atoms with Gasteiger partial charge >= 0.3 is 5.97 Å². The second kappa shape index (κ2) is 13.5. The van der Waals surface area contributed by atoms with Crippen LogP contribution in [0.3, 0.4) is 0 Å². The van der Waals surface area contributed by atoms with E-state index in [1.165, 1.54) is 23.0 Å². The summed E-state index contributed by atoms with van der Waals surface area (Å²) >= 11 is 12.0. The molecule has 0 saturated carbocycles. The molecular weight excluding hydrogens is 744 g/mol. The van der Waals surface area contributed by atoms with Gasteiger partial charge in [0.15, 0.2) is 16.3 Å². The lowest BCUT2D eigenvalue weighted by Gasteiger charge is -2.26. The molecule has 0 aliphatic carbocycles. The van der Waals surface area contributed by atoms with Gasteiger partial charge in [-0.05, 0) is 94.1 Å². The van der Waals surface area contributed by atoms with Crippen LogP contribution in [0.25, 0.3) is 6.08 Å². The fourth-order valence-electron chi connectivity index (χ4n) is 4.37. The van der Waals surface area contributed by atoms with Crippen LogP contribution in [0.5, 0.6) is 17.2 Å². The van der Waals surface area contributed by atoms with E-state index in [2.05, 4.69) is 59.4 Å². The largest absolute Gasteiger partial charge is 0.493 e. The Morgan fingerprint density at radius 3 is 2.39 bits per heavy atom. The molecular formula is C29H27Br3N2O6S. The molecule has 41 heavy (non-hydrogen) atoms. The Labute approximate surface area is 266 Å². The molecule has 0 amide bonds. The maximum absolute atomic E-state index is 14.0. The number of methoxy groups -OCH3 is 1. The van der Waals surface area contributed by atoms with Crippen molar-refractivity contribution in [1.29, 1.82) is 0 Å². The van der Waals surface area contributed by atoms with Crippen molar-refractivity contribution in [3.8, 4) is 17.2 Å². The number of halogens is 3. The molecule has 0 saturated heterocycles. The second-order valence-corrected chi connectivity index (χ2v) is 12.2. The van der Waals surface area contributed by atoms with E-state index in [-0.39, 0.29) is 17.7 Å². The van der Waals surface area contributed by atoms with Gasteiger partial charge in [-0.15, -0.1) is 0 Å². The summed E-state index contributed by atoms with van der Waals surface area (Å²) in [6, 6.07) is 6.45. The van der Waals surface area contributed by atoms with E-state index in [4.69, 9.17) is 18.9 Å². The van der Waals surface area contributed by atoms with Gasteiger partial charge in [0.25, 0.3) is 5.56 Å². The molecule has 0 fully saturated rings. The van der Waals surface area contributed by atoms with E-state index in [0.717, 1.165) is 14.5 Å². The standard InChI is InChI=1S/C29H27Br3N2O6S/c1-6-9-40-26-19(31)10-16(11-20(26)32)12-23-27(35)34-25(17-13-21(37-5)22(38-7-2)14-18(17)30)24(28(36)39-8-3)15(4)33-29(34)41-23/h6,10-14,25H,1,7-9H2,2-5H3/b23-12+/t25-/m0/s1. The van der Waals surface area contributed by atoms with Crippen molar-refractivity contribution in [2.75, 3.05) is 26.9 Å². The molecule has 8 nitrogen and oxygen atoms in total. The van der Waals surface area contributed by atoms with Crippen LogP contribution in [-0.4, -0.2) is 37.5 Å². The maximum atomic E-state index is 14.0. The van der Waals surface area contributed by atoms with Gasteiger partial charge < -0.3 is 18.9 Å². The first-order chi connectivity index (χ1) is 19.6. The van der Waals surface area contributed by atoms with Crippen molar-refractivity contribution in [1.82, 2.24) is 4.57 Å². The fraction of sp³-hybridized carbons (Fsp3) is 0.276. The van der Waals surface area contributed by atoms with Crippen molar-refractivity contribution >= 4 is 71.2 Å². The lowest BCUT2D eigenvalue weighted by atomic mass is 9.95. The Balaban J connectivity index is 1.95. The molecule has 2 aromatic carbocycles. The van der Waals surface area contributed by atoms with Gasteiger partial charge in [0.1, 0.15) is 12.4 Å². The summed E-state index contributed by atoms with van der Waals surface area (Å²) < 4.78 is 26.5. The van der Waals surface area contributed by atoms with E-state index in [1.807, 2.05) is 19.1 Å². The van der Waals surface area contributed by atoms with Gasteiger partial charge in [-0.1, -0.05) is 39.9 Å². The van der Waals surface area contributed by atoms with Gasteiger partial charge in [-0.25, -0.2) is 9.79 Å². The number of ether oxygens (including phenoxy) is 4. The number of allylic oxidation sites excluding steroid dienone is 1. The third-order valence-electron chi connectivity index (χ3n) is 6.06. The average Bonchev–Trinajstić information content (AvgIpc) is 3.22. The quantitative estimate of drug-likeness (QED) is 0.184. The van der Waals surface area contributed by atoms with Crippen LogP contribution in [-0.2, 0) is 9.53 Å². The Kier molecular flexibility index (Phi) is 10.3. The SMILES string of the molecule is C=CCOc1c(Br)cc(/C=c2/sc3n(c2=O)[C@@H](c2cc(OC)c(OCC)cc2Br)C(C(=O)OCC)=C(C)N=3)cc1Br. The predicted molar refractivity (Wildman–Crippen MR) is 170 cm³/mol. The second-order valence-electron chi connectivity index (χ2n) is 8.67. The Hall–Kier alpha value is -2.67. The number of thiazole rings is 1. The van der Waals surface area contributed by atoms with Gasteiger partial charge in [-0.2, -0.15) is 0 Å². The van der Waals surface area contributed by atoms with Crippen molar-refractivity contribution in [2.45, 2.75) is 26.8 Å². The molecule has 2 heterocycles. The molecule has 0 bridgehead atoms. The fourth-order valence-corrected chi connectivity index (χ4v) is 7.40. The first kappa shape index (κ1) is 31.3. The minimum Gasteiger partial charge on any atom is -0.493 e. The van der Waals surface area contributed by atoms with E-state index in [1.54, 1.807) is 38.1 Å². The third kappa shape index (κ3) is 6.40. The third-order valence-corrected chi connectivity index (χ3v) is 8.91. The number of benzene rings is 2. The van der Waals surface area contributed by atoms with Crippen LogP contribution in [0.15, 0.2) is 71.4 Å². The zero-order valence-corrected chi connectivity index (χ0v) is 28.3. The van der Waals surface area contributed by atoms with Crippen LogP contribution in [0, 0.1) is 0 Å². The zero-order chi connectivity index (χ0) is 29.8. The molecule has 12 heteroatoms. The minimum atomic E-state index is -0.820. The lowest BCUT2D eigenvalue weighted by molar-refractivity contribution is -0.139. The first-order valence-corrected chi connectivity index (χ1v) is 15.8. The smallest absolute Gasteiger partial charge is 0.338 e. The van der Waals surface area contributed by atoms with E-state index in [9.17, 15) is 9.59 Å². The molecule has 0 radical (unpaired) electrons. The number of hydrogen-bond acceptors (Lipinski definition) is 8. The summed E-state index contributed by atoms with van der Waals surface area (Å²) in [6.45, 7) is 10.0. The molecule has 1 aromatic heterocycles. The number of carbonyl (C=O) groups is 1. The summed E-state index contributed by atoms with van der Waals surface area (Å²) in [5, 5.41) is 0. The lowest BCUT2D eigenvalue weighted by Crippen LogP contribution is -2.40. The van der Waals surface area contributed by atoms with Crippen LogP contribution in [0.2, 0.25) is 0 Å². The summed E-state index contributed by atoms with van der Waals surface area (Å²) in [4.78, 5) is 32.4. The van der Waals surface area contributed by atoms with Crippen LogP contribution >= 0.6 is 59.1 Å². The molecule has 0 unspecified atom stereocenters. The Morgan fingerprint density at radius 2 is 1.78 bits per heavy atom. The number of nitrogens with zero attached hydrogens (tertiary/aromatic N) is 2. The van der Waals surface area contributed by atoms with E-state index < -0.39 is 12.0 Å². The van der Waals surface area contributed by atoms with Crippen molar-refractivity contribution in [3.05, 3.63) is 92.4 Å². The van der Waals surface area contributed by atoms with Crippen molar-refractivity contribution in [3.63, 3.8) is 0 Å². The highest BCUT2D eigenvalue weighted by atomic mass is 79.9. The van der Waals surface area contributed by atoms with Gasteiger partial charge in [0.2, 0.25) is 0 Å². The summed E-state index contributed by atoms with van der Waals surface area (Å²) in [6.07, 6.45) is 3.44. The Bertz CT molecular complexity index is 1700. The van der Waals surface area contributed by atoms with Crippen LogP contribution < -0.4 is 29.1 Å². The van der Waals surface area contributed by atoms with Crippen molar-refractivity contribution < 1.29 is 23.7 Å². The zero-order valence-electron chi connectivity index (χ0n) is 22.8. The topological polar surface area (TPSA) is 88.3 Å². The molecule has 3 aromatic rings. The molecule has 1 aliphatic rings. The highest BCUT2D eigenvalue weighted by Gasteiger charge is 2.35. The Morgan fingerprint density at radius 1 is 1.07 bits per heavy atom. The van der Waals surface area contributed by atoms with Gasteiger partial charge in [-0.3, -0.25) is 9.36 Å². The highest BCUT2D eigenvalue weighted by molar-refractivity contribution is 9.11. The summed E-state index contributed by atoms with van der Waals surface area (Å²) in [7, 11) is 1.54. The predicted octanol–water partition coefficient (Wildman–Crippen LogP) is 6.06. The normalized spacial score (nSPS) is 14.8. The van der Waals surface area contributed by atoms with Crippen LogP contribution in [0.4, 0.5) is 0 Å². The number of fused-ring (bicyclic) bond motifs is 1. The van der Waals surface area contributed by atoms with E-state index in [0.29, 0.717) is 55.5 Å². The average molecular weight is 771 g/mol. The first-order valence-electron chi connectivity index (χ1n) is 12.6.